The molecule has 5 radical (unpaired) electrons. The zero-order valence-electron chi connectivity index (χ0n) is 9.72. The van der Waals surface area contributed by atoms with E-state index in [1.54, 1.807) is 0 Å². The second-order valence-corrected chi connectivity index (χ2v) is 5.50. The SMILES string of the molecule is [Si]O[Si]OCC1c2ccccc2-c2ccccc21. The number of hydrogen-bond donors (Lipinski definition) is 0. The number of fused-ring (bicyclic) bond motifs is 3. The van der Waals surface area contributed by atoms with Crippen molar-refractivity contribution in [1.82, 2.24) is 0 Å². The summed E-state index contributed by atoms with van der Waals surface area (Å²) in [6, 6.07) is 17.1. The quantitative estimate of drug-likeness (QED) is 0.626. The van der Waals surface area contributed by atoms with Crippen LogP contribution in [-0.2, 0) is 8.54 Å². The molecule has 2 nitrogen and oxygen atoms in total. The molecule has 87 valence electrons. The van der Waals surface area contributed by atoms with Crippen LogP contribution in [0, 0.1) is 0 Å². The van der Waals surface area contributed by atoms with E-state index in [2.05, 4.69) is 59.0 Å². The summed E-state index contributed by atoms with van der Waals surface area (Å²) in [4.78, 5) is 0. The number of rotatable bonds is 4. The molecule has 3 rings (SSSR count). The summed E-state index contributed by atoms with van der Waals surface area (Å²) in [5.41, 5.74) is 5.34. The van der Waals surface area contributed by atoms with Crippen LogP contribution >= 0.6 is 0 Å². The van der Waals surface area contributed by atoms with Gasteiger partial charge in [0.25, 0.3) is 0 Å². The fourth-order valence-corrected chi connectivity index (χ4v) is 3.06. The van der Waals surface area contributed by atoms with Gasteiger partial charge in [-0.3, -0.25) is 0 Å². The number of hydrogen-bond acceptors (Lipinski definition) is 2. The first-order chi connectivity index (χ1) is 8.92. The zero-order valence-corrected chi connectivity index (χ0v) is 11.7. The highest BCUT2D eigenvalue weighted by atomic mass is 28.3. The van der Waals surface area contributed by atoms with E-state index in [4.69, 9.17) is 8.54 Å². The third kappa shape index (κ3) is 1.97. The molecule has 0 bridgehead atoms. The third-order valence-electron chi connectivity index (χ3n) is 3.31. The third-order valence-corrected chi connectivity index (χ3v) is 3.93. The number of benzene rings is 2. The Morgan fingerprint density at radius 2 is 1.50 bits per heavy atom. The molecule has 0 spiro atoms. The molecule has 1 aliphatic rings. The van der Waals surface area contributed by atoms with Crippen molar-refractivity contribution in [2.24, 2.45) is 0 Å². The van der Waals surface area contributed by atoms with Crippen LogP contribution in [0.2, 0.25) is 0 Å². The zero-order chi connectivity index (χ0) is 12.4. The summed E-state index contributed by atoms with van der Waals surface area (Å²) in [6.07, 6.45) is 0. The highest BCUT2D eigenvalue weighted by Crippen LogP contribution is 2.44. The van der Waals surface area contributed by atoms with E-state index in [0.717, 1.165) is 0 Å². The molecule has 0 heterocycles. The Labute approximate surface area is 113 Å². The first kappa shape index (κ1) is 11.9. The molecule has 4 heteroatoms. The Balaban J connectivity index is 1.98. The van der Waals surface area contributed by atoms with Gasteiger partial charge < -0.3 is 8.54 Å². The lowest BCUT2D eigenvalue weighted by molar-refractivity contribution is 0.284. The van der Waals surface area contributed by atoms with Crippen molar-refractivity contribution in [3.8, 4) is 11.1 Å². The van der Waals surface area contributed by atoms with E-state index in [1.807, 2.05) is 0 Å². The van der Waals surface area contributed by atoms with Crippen LogP contribution in [0.15, 0.2) is 48.5 Å². The molecule has 0 fully saturated rings. The fourth-order valence-electron chi connectivity index (χ4n) is 2.59. The van der Waals surface area contributed by atoms with Crippen LogP contribution in [0.1, 0.15) is 17.0 Å². The predicted octanol–water partition coefficient (Wildman–Crippen LogP) is 2.45. The van der Waals surface area contributed by atoms with E-state index in [-0.39, 0.29) is 10.0 Å². The van der Waals surface area contributed by atoms with Gasteiger partial charge in [-0.2, -0.15) is 0 Å². The molecular formula is C14H11O2Si2. The van der Waals surface area contributed by atoms with Crippen molar-refractivity contribution >= 4 is 20.5 Å². The van der Waals surface area contributed by atoms with E-state index in [9.17, 15) is 0 Å². The predicted molar refractivity (Wildman–Crippen MR) is 72.3 cm³/mol. The van der Waals surface area contributed by atoms with Gasteiger partial charge in [-0.1, -0.05) is 48.5 Å². The van der Waals surface area contributed by atoms with Crippen LogP contribution < -0.4 is 0 Å². The van der Waals surface area contributed by atoms with Gasteiger partial charge in [-0.25, -0.2) is 0 Å². The Morgan fingerprint density at radius 1 is 0.944 bits per heavy atom. The van der Waals surface area contributed by atoms with Gasteiger partial charge in [0.05, 0.1) is 0 Å². The Bertz CT molecular complexity index is 511. The van der Waals surface area contributed by atoms with E-state index >= 15 is 0 Å². The van der Waals surface area contributed by atoms with Gasteiger partial charge in [-0.15, -0.1) is 0 Å². The van der Waals surface area contributed by atoms with Gasteiger partial charge in [0.15, 0.2) is 0 Å². The minimum Gasteiger partial charge on any atom is -0.435 e. The monoisotopic (exact) mass is 267 g/mol. The van der Waals surface area contributed by atoms with Crippen LogP contribution in [0.25, 0.3) is 11.1 Å². The standard InChI is InChI=1S/C14H11O2Si2/c17-16-18-15-9-14-12-7-3-1-5-10(12)11-6-2-4-8-13(11)14/h1-8,14H,9H2. The molecule has 0 aliphatic heterocycles. The molecule has 0 saturated carbocycles. The maximum absolute atomic E-state index is 5.54. The van der Waals surface area contributed by atoms with E-state index in [1.165, 1.54) is 22.3 Å². The average molecular weight is 267 g/mol. The summed E-state index contributed by atoms with van der Waals surface area (Å²) in [6.45, 7) is 0.650. The van der Waals surface area contributed by atoms with E-state index < -0.39 is 0 Å². The van der Waals surface area contributed by atoms with Gasteiger partial charge >= 0.3 is 10.0 Å². The molecule has 0 aromatic heterocycles. The first-order valence-electron chi connectivity index (χ1n) is 5.79. The summed E-state index contributed by atoms with van der Waals surface area (Å²) in [5, 5.41) is 0. The molecule has 0 atom stereocenters. The molecular weight excluding hydrogens is 256 g/mol. The summed E-state index contributed by atoms with van der Waals surface area (Å²) in [7, 11) is 2.99. The van der Waals surface area contributed by atoms with Crippen LogP contribution in [0.3, 0.4) is 0 Å². The largest absolute Gasteiger partial charge is 0.435 e. The van der Waals surface area contributed by atoms with Crippen LogP contribution in [0.5, 0.6) is 0 Å². The topological polar surface area (TPSA) is 18.5 Å². The molecule has 0 unspecified atom stereocenters. The molecule has 0 N–H and O–H groups in total. The lowest BCUT2D eigenvalue weighted by Crippen LogP contribution is -2.11. The van der Waals surface area contributed by atoms with Crippen molar-refractivity contribution in [3.63, 3.8) is 0 Å². The van der Waals surface area contributed by atoms with E-state index in [0.29, 0.717) is 12.5 Å². The average Bonchev–Trinajstić information content (AvgIpc) is 2.74. The first-order valence-corrected chi connectivity index (χ1v) is 7.02. The Morgan fingerprint density at radius 3 is 2.06 bits per heavy atom. The molecule has 1 aliphatic carbocycles. The van der Waals surface area contributed by atoms with Crippen molar-refractivity contribution < 1.29 is 8.54 Å². The van der Waals surface area contributed by atoms with Gasteiger partial charge in [0.1, 0.15) is 0 Å². The summed E-state index contributed by atoms with van der Waals surface area (Å²) < 4.78 is 10.3. The smallest absolute Gasteiger partial charge is 0.421 e. The minimum atomic E-state index is 0.0296. The molecule has 0 amide bonds. The summed E-state index contributed by atoms with van der Waals surface area (Å²) >= 11 is 0. The maximum atomic E-state index is 5.54. The van der Waals surface area contributed by atoms with Crippen LogP contribution in [-0.4, -0.2) is 27.1 Å². The van der Waals surface area contributed by atoms with Gasteiger partial charge in [0, 0.05) is 12.5 Å². The molecule has 18 heavy (non-hydrogen) atoms. The minimum absolute atomic E-state index is 0.0296. The summed E-state index contributed by atoms with van der Waals surface area (Å²) in [5.74, 6) is 0.312. The fraction of sp³-hybridized carbons (Fsp3) is 0.143. The molecule has 2 aromatic carbocycles. The highest BCUT2D eigenvalue weighted by molar-refractivity contribution is 6.27. The van der Waals surface area contributed by atoms with Crippen LogP contribution in [0.4, 0.5) is 0 Å². The second-order valence-electron chi connectivity index (χ2n) is 4.22. The normalized spacial score (nSPS) is 13.4. The van der Waals surface area contributed by atoms with Crippen molar-refractivity contribution in [3.05, 3.63) is 59.7 Å². The van der Waals surface area contributed by atoms with Crippen molar-refractivity contribution in [1.29, 1.82) is 0 Å². The molecule has 2 aromatic rings. The van der Waals surface area contributed by atoms with Gasteiger partial charge in [0.2, 0.25) is 10.5 Å². The Hall–Kier alpha value is -1.21. The molecule has 0 saturated heterocycles. The van der Waals surface area contributed by atoms with Gasteiger partial charge in [-0.05, 0) is 22.3 Å². The second kappa shape index (κ2) is 5.20. The maximum Gasteiger partial charge on any atom is 0.421 e. The van der Waals surface area contributed by atoms with Crippen molar-refractivity contribution in [2.75, 3.05) is 6.61 Å². The van der Waals surface area contributed by atoms with Crippen molar-refractivity contribution in [2.45, 2.75) is 5.92 Å². The highest BCUT2D eigenvalue weighted by Gasteiger charge is 2.27. The lowest BCUT2D eigenvalue weighted by atomic mass is 9.98. The Kier molecular flexibility index (Phi) is 3.42. The lowest BCUT2D eigenvalue weighted by Gasteiger charge is -2.13.